The van der Waals surface area contributed by atoms with Gasteiger partial charge in [-0.3, -0.25) is 0 Å². The molecule has 0 radical (unpaired) electrons. The lowest BCUT2D eigenvalue weighted by Gasteiger charge is -2.55. The number of carbonyl (C=O) groups excluding carboxylic acids is 2. The highest BCUT2D eigenvalue weighted by atomic mass is 16.7. The third-order valence-electron chi connectivity index (χ3n) is 7.43. The first-order chi connectivity index (χ1) is 12.5. The molecule has 2 aliphatic heterocycles. The van der Waals surface area contributed by atoms with Crippen molar-refractivity contribution in [2.24, 2.45) is 11.3 Å². The molecular weight excluding hydrogens is 352 g/mol. The molecule has 2 heterocycles. The zero-order valence-corrected chi connectivity index (χ0v) is 16.2. The number of aliphatic hydroxyl groups is 2. The van der Waals surface area contributed by atoms with Crippen LogP contribution >= 0.6 is 0 Å². The average Bonchev–Trinajstić information content (AvgIpc) is 3.24. The number of hydrogen-bond donors (Lipinski definition) is 2. The summed E-state index contributed by atoms with van der Waals surface area (Å²) in [6, 6.07) is 0. The van der Waals surface area contributed by atoms with Crippen LogP contribution in [0.3, 0.4) is 0 Å². The van der Waals surface area contributed by atoms with E-state index in [1.807, 2.05) is 13.8 Å². The van der Waals surface area contributed by atoms with Gasteiger partial charge in [-0.05, 0) is 20.8 Å². The van der Waals surface area contributed by atoms with Crippen molar-refractivity contribution in [2.45, 2.75) is 77.2 Å². The van der Waals surface area contributed by atoms with Crippen LogP contribution in [0, 0.1) is 11.3 Å². The first kappa shape index (κ1) is 18.7. The van der Waals surface area contributed by atoms with Gasteiger partial charge < -0.3 is 24.4 Å². The van der Waals surface area contributed by atoms with Gasteiger partial charge in [0.2, 0.25) is 5.79 Å². The van der Waals surface area contributed by atoms with Gasteiger partial charge in [0, 0.05) is 40.9 Å². The van der Waals surface area contributed by atoms with Crippen molar-refractivity contribution in [3.63, 3.8) is 0 Å². The van der Waals surface area contributed by atoms with Crippen LogP contribution in [0.5, 0.6) is 0 Å². The summed E-state index contributed by atoms with van der Waals surface area (Å²) in [5.41, 5.74) is -0.685. The van der Waals surface area contributed by atoms with Crippen LogP contribution < -0.4 is 0 Å². The minimum absolute atomic E-state index is 0.0789. The summed E-state index contributed by atoms with van der Waals surface area (Å²) < 4.78 is 16.9. The highest BCUT2D eigenvalue weighted by Gasteiger charge is 2.81. The molecule has 0 unspecified atom stereocenters. The second-order valence-corrected chi connectivity index (χ2v) is 8.51. The maximum atomic E-state index is 12.3. The number of epoxide rings is 1. The van der Waals surface area contributed by atoms with Gasteiger partial charge in [-0.2, -0.15) is 0 Å². The molecule has 148 valence electrons. The monoisotopic (exact) mass is 378 g/mol. The van der Waals surface area contributed by atoms with Crippen LogP contribution in [0.2, 0.25) is 0 Å². The Morgan fingerprint density at radius 2 is 2.07 bits per heavy atom. The van der Waals surface area contributed by atoms with E-state index in [2.05, 4.69) is 0 Å². The van der Waals surface area contributed by atoms with E-state index in [1.165, 1.54) is 0 Å². The van der Waals surface area contributed by atoms with Crippen molar-refractivity contribution in [3.05, 3.63) is 22.8 Å². The third-order valence-corrected chi connectivity index (χ3v) is 7.43. The quantitative estimate of drug-likeness (QED) is 0.425. The molecular formula is C20H26O7. The molecule has 7 heteroatoms. The lowest BCUT2D eigenvalue weighted by molar-refractivity contribution is -0.228. The first-order valence-electron chi connectivity index (χ1n) is 9.38. The molecule has 0 bridgehead atoms. The largest absolute Gasteiger partial charge is 0.459 e. The van der Waals surface area contributed by atoms with Crippen molar-refractivity contribution in [1.29, 1.82) is 0 Å². The Balaban J connectivity index is 1.72. The molecule has 0 aromatic carbocycles. The first-order valence-corrected chi connectivity index (χ1v) is 9.38. The smallest absolute Gasteiger partial charge is 0.336 e. The van der Waals surface area contributed by atoms with Crippen molar-refractivity contribution in [2.75, 3.05) is 0 Å². The molecule has 7 atom stereocenters. The third kappa shape index (κ3) is 2.13. The minimum atomic E-state index is -1.83. The number of rotatable bonds is 2. The van der Waals surface area contributed by atoms with E-state index in [9.17, 15) is 19.8 Å². The molecule has 2 aliphatic carbocycles. The van der Waals surface area contributed by atoms with Crippen LogP contribution in [-0.2, 0) is 23.8 Å². The molecule has 0 amide bonds. The van der Waals surface area contributed by atoms with Crippen LogP contribution in [0.1, 0.15) is 47.5 Å². The summed E-state index contributed by atoms with van der Waals surface area (Å²) in [6.07, 6.45) is 0.400. The second kappa shape index (κ2) is 5.43. The van der Waals surface area contributed by atoms with Crippen molar-refractivity contribution < 1.29 is 34.0 Å². The topological polar surface area (TPSA) is 106 Å². The van der Waals surface area contributed by atoms with E-state index in [1.54, 1.807) is 26.8 Å². The summed E-state index contributed by atoms with van der Waals surface area (Å²) in [4.78, 5) is 24.3. The fourth-order valence-electron chi connectivity index (χ4n) is 5.34. The molecule has 4 rings (SSSR count). The van der Waals surface area contributed by atoms with E-state index in [-0.39, 0.29) is 35.6 Å². The zero-order chi connectivity index (χ0) is 19.9. The van der Waals surface area contributed by atoms with Crippen molar-refractivity contribution in [1.82, 2.24) is 0 Å². The Morgan fingerprint density at radius 3 is 2.70 bits per heavy atom. The molecule has 2 N–H and O–H groups in total. The van der Waals surface area contributed by atoms with E-state index in [4.69, 9.17) is 14.2 Å². The number of fused-ring (bicyclic) bond motifs is 1. The summed E-state index contributed by atoms with van der Waals surface area (Å²) >= 11 is 0. The predicted octanol–water partition coefficient (Wildman–Crippen LogP) is 1.37. The number of carbonyl (C=O) groups is 2. The molecule has 4 aliphatic rings. The van der Waals surface area contributed by atoms with Gasteiger partial charge in [-0.15, -0.1) is 0 Å². The fourth-order valence-corrected chi connectivity index (χ4v) is 5.34. The van der Waals surface area contributed by atoms with E-state index in [0.717, 1.165) is 0 Å². The number of allylic oxidation sites excluding steroid dienone is 1. The zero-order valence-electron chi connectivity index (χ0n) is 16.2. The fraction of sp³-hybridized carbons (Fsp3) is 0.700. The maximum Gasteiger partial charge on any atom is 0.336 e. The number of ether oxygens (including phenoxy) is 3. The van der Waals surface area contributed by atoms with Gasteiger partial charge >= 0.3 is 11.9 Å². The number of aliphatic hydroxyl groups excluding tert-OH is 1. The summed E-state index contributed by atoms with van der Waals surface area (Å²) in [7, 11) is 0. The van der Waals surface area contributed by atoms with Gasteiger partial charge in [0.05, 0.1) is 12.2 Å². The van der Waals surface area contributed by atoms with Gasteiger partial charge in [-0.1, -0.05) is 19.9 Å². The molecule has 0 aromatic heterocycles. The highest BCUT2D eigenvalue weighted by molar-refractivity contribution is 5.92. The van der Waals surface area contributed by atoms with E-state index < -0.39 is 35.0 Å². The Bertz CT molecular complexity index is 798. The molecule has 1 spiro atoms. The summed E-state index contributed by atoms with van der Waals surface area (Å²) in [5, 5.41) is 22.2. The van der Waals surface area contributed by atoms with Gasteiger partial charge in [-0.25, -0.2) is 9.59 Å². The Morgan fingerprint density at radius 1 is 1.41 bits per heavy atom. The van der Waals surface area contributed by atoms with Crippen LogP contribution in [0.25, 0.3) is 0 Å². The SMILES string of the molecule is C/C=C(\C)C(=O)O[C@H]1C[C@H]2O[C@]23C[C@]2(O)OC(=O)C(C)=C2[C@@H](O)[C@]3(C)[C@H]1C. The van der Waals surface area contributed by atoms with Crippen LogP contribution in [0.15, 0.2) is 22.8 Å². The molecule has 0 aromatic rings. The average molecular weight is 378 g/mol. The lowest BCUT2D eigenvalue weighted by Crippen LogP contribution is -2.66. The van der Waals surface area contributed by atoms with Crippen molar-refractivity contribution >= 4 is 11.9 Å². The second-order valence-electron chi connectivity index (χ2n) is 8.51. The molecule has 1 saturated heterocycles. The lowest BCUT2D eigenvalue weighted by atomic mass is 9.51. The Kier molecular flexibility index (Phi) is 3.75. The normalized spacial score (nSPS) is 48.4. The Hall–Kier alpha value is -1.70. The van der Waals surface area contributed by atoms with Gasteiger partial charge in [0.1, 0.15) is 11.7 Å². The highest BCUT2D eigenvalue weighted by Crippen LogP contribution is 2.70. The summed E-state index contributed by atoms with van der Waals surface area (Å²) in [5.74, 6) is -3.09. The van der Waals surface area contributed by atoms with Gasteiger partial charge in [0.15, 0.2) is 0 Å². The van der Waals surface area contributed by atoms with Crippen LogP contribution in [0.4, 0.5) is 0 Å². The summed E-state index contributed by atoms with van der Waals surface area (Å²) in [6.45, 7) is 8.82. The molecule has 27 heavy (non-hydrogen) atoms. The molecule has 7 nitrogen and oxygen atoms in total. The van der Waals surface area contributed by atoms with Crippen molar-refractivity contribution in [3.8, 4) is 0 Å². The Labute approximate surface area is 158 Å². The molecule has 3 fully saturated rings. The van der Waals surface area contributed by atoms with E-state index in [0.29, 0.717) is 12.0 Å². The number of esters is 2. The predicted molar refractivity (Wildman–Crippen MR) is 93.2 cm³/mol. The van der Waals surface area contributed by atoms with Crippen LogP contribution in [-0.4, -0.2) is 51.9 Å². The van der Waals surface area contributed by atoms with Gasteiger partial charge in [0.25, 0.3) is 0 Å². The number of hydrogen-bond acceptors (Lipinski definition) is 7. The minimum Gasteiger partial charge on any atom is -0.459 e. The van der Waals surface area contributed by atoms with E-state index >= 15 is 0 Å². The molecule has 2 saturated carbocycles. The maximum absolute atomic E-state index is 12.3. The standard InChI is InChI=1S/C20H26O7/c1-6-9(2)16(22)25-12-7-13-19(26-13)8-20(24)14(10(3)17(23)27-20)15(21)18(19,5)11(12)4/h6,11-13,15,21,24H,7-8H2,1-5H3/b9-6+/t11-,12-,13+,15+,18-,19+,20-/m0/s1.